The Kier molecular flexibility index (Phi) is 4.73. The molecule has 0 fully saturated rings. The van der Waals surface area contributed by atoms with E-state index in [4.69, 9.17) is 9.15 Å². The molecule has 0 saturated heterocycles. The van der Waals surface area contributed by atoms with E-state index in [-0.39, 0.29) is 6.23 Å². The van der Waals surface area contributed by atoms with E-state index >= 15 is 0 Å². The van der Waals surface area contributed by atoms with Crippen LogP contribution in [-0.4, -0.2) is 0 Å². The molecule has 0 saturated carbocycles. The maximum absolute atomic E-state index is 6.82. The number of para-hydroxylation sites is 1. The number of nitrogens with zero attached hydrogens (tertiary/aromatic N) is 1. The zero-order valence-corrected chi connectivity index (χ0v) is 19.9. The van der Waals surface area contributed by atoms with Crippen LogP contribution in [0.4, 0.5) is 5.69 Å². The predicted octanol–water partition coefficient (Wildman–Crippen LogP) is 8.44. The smallest absolute Gasteiger partial charge is 0.203 e. The summed E-state index contributed by atoms with van der Waals surface area (Å²) in [5, 5.41) is 2.25. The van der Waals surface area contributed by atoms with Gasteiger partial charge in [-0.2, -0.15) is 0 Å². The summed E-state index contributed by atoms with van der Waals surface area (Å²) in [6.45, 7) is 8.62. The van der Waals surface area contributed by atoms with Crippen LogP contribution in [0.2, 0.25) is 0 Å². The lowest BCUT2D eigenvalue weighted by Crippen LogP contribution is -2.25. The fourth-order valence-corrected chi connectivity index (χ4v) is 5.26. The van der Waals surface area contributed by atoms with Crippen molar-refractivity contribution in [1.29, 1.82) is 0 Å². The molecule has 0 radical (unpaired) electrons. The van der Waals surface area contributed by atoms with E-state index in [2.05, 4.69) is 99.3 Å². The normalized spacial score (nSPS) is 16.0. The minimum absolute atomic E-state index is 0.283. The van der Waals surface area contributed by atoms with Gasteiger partial charge in [-0.15, -0.1) is 0 Å². The molecule has 4 aromatic carbocycles. The molecule has 1 aliphatic heterocycles. The molecule has 5 aromatic rings. The lowest BCUT2D eigenvalue weighted by atomic mass is 9.99. The SMILES string of the molecule is CC1=C(c2ccccc2)OC(c2c(C)cccc2C)N1c1c(C)ccc2c1oc1ccccc12. The van der Waals surface area contributed by atoms with Crippen LogP contribution in [0.15, 0.2) is 95.0 Å². The van der Waals surface area contributed by atoms with Crippen LogP contribution in [-0.2, 0) is 4.74 Å². The van der Waals surface area contributed by atoms with E-state index in [1.807, 2.05) is 18.2 Å². The van der Waals surface area contributed by atoms with E-state index in [9.17, 15) is 0 Å². The van der Waals surface area contributed by atoms with Gasteiger partial charge in [-0.05, 0) is 50.5 Å². The number of furan rings is 1. The Bertz CT molecular complexity index is 1560. The van der Waals surface area contributed by atoms with Gasteiger partial charge in [0, 0.05) is 21.9 Å². The van der Waals surface area contributed by atoms with Crippen molar-refractivity contribution in [2.24, 2.45) is 0 Å². The molecule has 0 bridgehead atoms. The number of allylic oxidation sites excluding steroid dienone is 1. The topological polar surface area (TPSA) is 25.6 Å². The molecule has 0 amide bonds. The second-order valence-corrected chi connectivity index (χ2v) is 9.13. The van der Waals surface area contributed by atoms with Crippen molar-refractivity contribution in [3.8, 4) is 0 Å². The van der Waals surface area contributed by atoms with E-state index in [1.165, 1.54) is 16.7 Å². The van der Waals surface area contributed by atoms with E-state index < -0.39 is 0 Å². The number of rotatable bonds is 3. The average molecular weight is 446 g/mol. The van der Waals surface area contributed by atoms with Crippen LogP contribution >= 0.6 is 0 Å². The van der Waals surface area contributed by atoms with Crippen LogP contribution < -0.4 is 4.90 Å². The first-order valence-electron chi connectivity index (χ1n) is 11.7. The third kappa shape index (κ3) is 3.04. The number of anilines is 1. The fraction of sp³-hybridized carbons (Fsp3) is 0.161. The van der Waals surface area contributed by atoms with Gasteiger partial charge in [0.2, 0.25) is 6.23 Å². The van der Waals surface area contributed by atoms with Crippen LogP contribution in [0.1, 0.15) is 41.0 Å². The number of aryl methyl sites for hydroxylation is 3. The molecule has 168 valence electrons. The Morgan fingerprint density at radius 1 is 0.647 bits per heavy atom. The summed E-state index contributed by atoms with van der Waals surface area (Å²) < 4.78 is 13.3. The Labute approximate surface area is 199 Å². The van der Waals surface area contributed by atoms with Gasteiger partial charge in [0.15, 0.2) is 5.58 Å². The van der Waals surface area contributed by atoms with Gasteiger partial charge in [0.05, 0.1) is 11.4 Å². The number of hydrogen-bond donors (Lipinski definition) is 0. The predicted molar refractivity (Wildman–Crippen MR) is 140 cm³/mol. The van der Waals surface area contributed by atoms with Crippen molar-refractivity contribution < 1.29 is 9.15 Å². The molecule has 1 aromatic heterocycles. The molecule has 2 heterocycles. The lowest BCUT2D eigenvalue weighted by molar-refractivity contribution is 0.194. The summed E-state index contributed by atoms with van der Waals surface area (Å²) >= 11 is 0. The third-order valence-corrected chi connectivity index (χ3v) is 6.94. The Morgan fingerprint density at radius 3 is 2.12 bits per heavy atom. The summed E-state index contributed by atoms with van der Waals surface area (Å²) in [5.41, 5.74) is 9.79. The highest BCUT2D eigenvalue weighted by atomic mass is 16.5. The number of benzene rings is 4. The highest BCUT2D eigenvalue weighted by Gasteiger charge is 2.38. The summed E-state index contributed by atoms with van der Waals surface area (Å²) in [5.74, 6) is 0.903. The van der Waals surface area contributed by atoms with Gasteiger partial charge in [0.25, 0.3) is 0 Å². The second kappa shape index (κ2) is 7.81. The molecule has 6 rings (SSSR count). The van der Waals surface area contributed by atoms with Gasteiger partial charge in [-0.1, -0.05) is 78.9 Å². The van der Waals surface area contributed by atoms with Gasteiger partial charge in [-0.3, -0.25) is 4.90 Å². The van der Waals surface area contributed by atoms with E-state index in [0.29, 0.717) is 0 Å². The summed E-state index contributed by atoms with van der Waals surface area (Å²) in [6.07, 6.45) is -0.283. The molecule has 0 aliphatic carbocycles. The minimum atomic E-state index is -0.283. The molecular weight excluding hydrogens is 418 g/mol. The highest BCUT2D eigenvalue weighted by molar-refractivity contribution is 6.10. The largest absolute Gasteiger partial charge is 0.463 e. The maximum Gasteiger partial charge on any atom is 0.203 e. The van der Waals surface area contributed by atoms with Crippen LogP contribution in [0.5, 0.6) is 0 Å². The Morgan fingerprint density at radius 2 is 1.35 bits per heavy atom. The average Bonchev–Trinajstić information content (AvgIpc) is 3.38. The van der Waals surface area contributed by atoms with Crippen molar-refractivity contribution >= 4 is 33.4 Å². The standard InChI is InChI=1S/C31H27NO2/c1-19-11-10-12-20(2)27(19)31-32(22(4)29(34-31)23-13-6-5-7-14-23)28-21(3)17-18-25-24-15-8-9-16-26(24)33-30(25)28/h5-18,31H,1-4H3. The number of hydrogen-bond acceptors (Lipinski definition) is 3. The summed E-state index contributed by atoms with van der Waals surface area (Å²) in [7, 11) is 0. The van der Waals surface area contributed by atoms with Crippen molar-refractivity contribution in [2.75, 3.05) is 4.90 Å². The maximum atomic E-state index is 6.82. The molecule has 1 unspecified atom stereocenters. The van der Waals surface area contributed by atoms with E-state index in [0.717, 1.165) is 50.2 Å². The van der Waals surface area contributed by atoms with Crippen molar-refractivity contribution in [1.82, 2.24) is 0 Å². The molecular formula is C31H27NO2. The highest BCUT2D eigenvalue weighted by Crippen LogP contribution is 2.49. The number of ether oxygens (including phenoxy) is 1. The molecule has 3 heteroatoms. The van der Waals surface area contributed by atoms with Gasteiger partial charge in [-0.25, -0.2) is 0 Å². The van der Waals surface area contributed by atoms with Gasteiger partial charge >= 0.3 is 0 Å². The molecule has 1 aliphatic rings. The van der Waals surface area contributed by atoms with Gasteiger partial charge < -0.3 is 9.15 Å². The second-order valence-electron chi connectivity index (χ2n) is 9.13. The van der Waals surface area contributed by atoms with Gasteiger partial charge in [0.1, 0.15) is 11.3 Å². The quantitative estimate of drug-likeness (QED) is 0.279. The first-order valence-corrected chi connectivity index (χ1v) is 11.7. The van der Waals surface area contributed by atoms with Crippen LogP contribution in [0.25, 0.3) is 27.7 Å². The summed E-state index contributed by atoms with van der Waals surface area (Å²) in [4.78, 5) is 2.33. The van der Waals surface area contributed by atoms with Crippen LogP contribution in [0.3, 0.4) is 0 Å². The zero-order chi connectivity index (χ0) is 23.4. The zero-order valence-electron chi connectivity index (χ0n) is 19.9. The monoisotopic (exact) mass is 445 g/mol. The lowest BCUT2D eigenvalue weighted by Gasteiger charge is -2.30. The first-order chi connectivity index (χ1) is 16.5. The Balaban J connectivity index is 1.65. The third-order valence-electron chi connectivity index (χ3n) is 6.94. The minimum Gasteiger partial charge on any atom is -0.463 e. The molecule has 34 heavy (non-hydrogen) atoms. The first kappa shape index (κ1) is 20.6. The van der Waals surface area contributed by atoms with Crippen molar-refractivity contribution in [2.45, 2.75) is 33.9 Å². The Hall–Kier alpha value is -3.98. The van der Waals surface area contributed by atoms with Crippen molar-refractivity contribution in [3.05, 3.63) is 118 Å². The van der Waals surface area contributed by atoms with Crippen LogP contribution in [0, 0.1) is 20.8 Å². The molecule has 0 spiro atoms. The summed E-state index contributed by atoms with van der Waals surface area (Å²) in [6, 6.07) is 29.4. The molecule has 0 N–H and O–H groups in total. The van der Waals surface area contributed by atoms with E-state index in [1.54, 1.807) is 0 Å². The molecule has 3 nitrogen and oxygen atoms in total. The van der Waals surface area contributed by atoms with Crippen molar-refractivity contribution in [3.63, 3.8) is 0 Å². The fourth-order valence-electron chi connectivity index (χ4n) is 5.26. The molecule has 1 atom stereocenters. The number of fused-ring (bicyclic) bond motifs is 3.